The van der Waals surface area contributed by atoms with Crippen LogP contribution in [0.15, 0.2) is 127 Å². The molecular weight excluding hydrogens is 584 g/mol. The second-order valence-electron chi connectivity index (χ2n) is 11.6. The molecule has 0 unspecified atom stereocenters. The minimum Gasteiger partial charge on any atom is -0.493 e. The van der Waals surface area contributed by atoms with E-state index in [1.807, 2.05) is 84.9 Å². The van der Waals surface area contributed by atoms with E-state index in [9.17, 15) is 9.59 Å². The minimum absolute atomic E-state index is 0.250. The van der Waals surface area contributed by atoms with Crippen molar-refractivity contribution in [3.63, 3.8) is 0 Å². The van der Waals surface area contributed by atoms with Gasteiger partial charge in [-0.25, -0.2) is 9.59 Å². The molecule has 0 aliphatic rings. The molecule has 0 aliphatic heterocycles. The SMILES string of the molecule is CCCCCCCCCCOc1cc(C(=O)Oc2ccc(-c3ccccc3)cc2)ccc1C(=O)Oc1ccc(-c2ccccc2)cc1. The molecule has 5 heteroatoms. The number of carbonyl (C=O) groups is 2. The second kappa shape index (κ2) is 17.5. The second-order valence-corrected chi connectivity index (χ2v) is 11.6. The highest BCUT2D eigenvalue weighted by molar-refractivity contribution is 5.97. The number of ether oxygens (including phenoxy) is 3. The number of benzene rings is 5. The van der Waals surface area contributed by atoms with Crippen LogP contribution in [0.4, 0.5) is 0 Å². The number of unbranched alkanes of at least 4 members (excludes halogenated alkanes) is 7. The summed E-state index contributed by atoms with van der Waals surface area (Å²) in [4.78, 5) is 26.5. The molecule has 0 bridgehead atoms. The Kier molecular flexibility index (Phi) is 12.4. The maximum atomic E-state index is 13.4. The molecule has 0 N–H and O–H groups in total. The van der Waals surface area contributed by atoms with E-state index in [-0.39, 0.29) is 11.1 Å². The molecule has 5 nitrogen and oxygen atoms in total. The fourth-order valence-corrected chi connectivity index (χ4v) is 5.38. The first kappa shape index (κ1) is 33.2. The molecule has 0 fully saturated rings. The van der Waals surface area contributed by atoms with Crippen LogP contribution in [-0.4, -0.2) is 18.5 Å². The zero-order valence-corrected chi connectivity index (χ0v) is 27.0. The van der Waals surface area contributed by atoms with Gasteiger partial charge in [-0.1, -0.05) is 137 Å². The van der Waals surface area contributed by atoms with Crippen molar-refractivity contribution in [2.24, 2.45) is 0 Å². The van der Waals surface area contributed by atoms with Crippen LogP contribution >= 0.6 is 0 Å². The lowest BCUT2D eigenvalue weighted by Crippen LogP contribution is -2.14. The van der Waals surface area contributed by atoms with Gasteiger partial charge in [0.15, 0.2) is 0 Å². The molecule has 0 aliphatic carbocycles. The highest BCUT2D eigenvalue weighted by Crippen LogP contribution is 2.27. The summed E-state index contributed by atoms with van der Waals surface area (Å²) >= 11 is 0. The Labute approximate surface area is 278 Å². The van der Waals surface area contributed by atoms with Gasteiger partial charge in [0.05, 0.1) is 12.2 Å². The smallest absolute Gasteiger partial charge is 0.347 e. The fourth-order valence-electron chi connectivity index (χ4n) is 5.38. The first-order chi connectivity index (χ1) is 23.1. The predicted molar refractivity (Wildman–Crippen MR) is 188 cm³/mol. The van der Waals surface area contributed by atoms with Gasteiger partial charge in [0.1, 0.15) is 22.8 Å². The molecular formula is C42H42O5. The molecule has 0 saturated heterocycles. The third-order valence-corrected chi connectivity index (χ3v) is 8.04. The summed E-state index contributed by atoms with van der Waals surface area (Å²) in [5, 5.41) is 0. The highest BCUT2D eigenvalue weighted by Gasteiger charge is 2.19. The highest BCUT2D eigenvalue weighted by atomic mass is 16.5. The predicted octanol–water partition coefficient (Wildman–Crippen LogP) is 11.0. The van der Waals surface area contributed by atoms with Crippen LogP contribution in [0, 0.1) is 0 Å². The summed E-state index contributed by atoms with van der Waals surface area (Å²) in [7, 11) is 0. The maximum Gasteiger partial charge on any atom is 0.347 e. The van der Waals surface area contributed by atoms with Gasteiger partial charge in [0, 0.05) is 0 Å². The van der Waals surface area contributed by atoms with Gasteiger partial charge in [-0.3, -0.25) is 0 Å². The summed E-state index contributed by atoms with van der Waals surface area (Å²) < 4.78 is 17.5. The standard InChI is InChI=1S/C42H42O5/c1-2-3-4-5-6-7-8-15-30-45-40-31-36(41(43)46-37-25-20-34(21-26-37)32-16-11-9-12-17-32)24-29-39(40)42(44)47-38-27-22-35(23-28-38)33-18-13-10-14-19-33/h9-14,16-29,31H,2-8,15,30H2,1H3. The van der Waals surface area contributed by atoms with Crippen LogP contribution in [0.5, 0.6) is 17.2 Å². The van der Waals surface area contributed by atoms with Gasteiger partial charge in [-0.05, 0) is 71.1 Å². The Morgan fingerprint density at radius 1 is 0.489 bits per heavy atom. The van der Waals surface area contributed by atoms with Crippen molar-refractivity contribution < 1.29 is 23.8 Å². The molecule has 0 heterocycles. The molecule has 0 saturated carbocycles. The quantitative estimate of drug-likeness (QED) is 0.0619. The maximum absolute atomic E-state index is 13.4. The number of rotatable bonds is 16. The zero-order chi connectivity index (χ0) is 32.7. The summed E-state index contributed by atoms with van der Waals surface area (Å²) in [6.07, 6.45) is 9.34. The Hall–Kier alpha value is -5.16. The lowest BCUT2D eigenvalue weighted by atomic mass is 10.1. The van der Waals surface area contributed by atoms with Crippen molar-refractivity contribution in [3.8, 4) is 39.5 Å². The molecule has 0 amide bonds. The van der Waals surface area contributed by atoms with E-state index >= 15 is 0 Å². The van der Waals surface area contributed by atoms with Crippen molar-refractivity contribution >= 4 is 11.9 Å². The van der Waals surface area contributed by atoms with E-state index in [0.29, 0.717) is 23.9 Å². The molecule has 0 spiro atoms. The monoisotopic (exact) mass is 626 g/mol. The van der Waals surface area contributed by atoms with E-state index in [2.05, 4.69) is 6.92 Å². The number of carbonyl (C=O) groups excluding carboxylic acids is 2. The zero-order valence-electron chi connectivity index (χ0n) is 27.0. The van der Waals surface area contributed by atoms with Crippen LogP contribution in [-0.2, 0) is 0 Å². The average Bonchev–Trinajstić information content (AvgIpc) is 3.12. The van der Waals surface area contributed by atoms with Gasteiger partial charge in [-0.2, -0.15) is 0 Å². The third-order valence-electron chi connectivity index (χ3n) is 8.04. The Balaban J connectivity index is 1.25. The third kappa shape index (κ3) is 9.91. The summed E-state index contributed by atoms with van der Waals surface area (Å²) in [6.45, 7) is 2.65. The van der Waals surface area contributed by atoms with Crippen LogP contribution in [0.2, 0.25) is 0 Å². The molecule has 0 radical (unpaired) electrons. The molecule has 0 aromatic heterocycles. The summed E-state index contributed by atoms with van der Waals surface area (Å²) in [5.41, 5.74) is 4.75. The molecule has 47 heavy (non-hydrogen) atoms. The van der Waals surface area contributed by atoms with Crippen molar-refractivity contribution in [1.29, 1.82) is 0 Å². The molecule has 5 aromatic carbocycles. The van der Waals surface area contributed by atoms with Crippen molar-refractivity contribution in [2.45, 2.75) is 58.3 Å². The van der Waals surface area contributed by atoms with E-state index in [1.54, 1.807) is 42.5 Å². The van der Waals surface area contributed by atoms with E-state index in [4.69, 9.17) is 14.2 Å². The van der Waals surface area contributed by atoms with Gasteiger partial charge in [-0.15, -0.1) is 0 Å². The first-order valence-electron chi connectivity index (χ1n) is 16.6. The van der Waals surface area contributed by atoms with Crippen LogP contribution in [0.25, 0.3) is 22.3 Å². The van der Waals surface area contributed by atoms with Gasteiger partial charge >= 0.3 is 11.9 Å². The van der Waals surface area contributed by atoms with Gasteiger partial charge in [0.25, 0.3) is 0 Å². The Morgan fingerprint density at radius 2 is 0.957 bits per heavy atom. The molecule has 240 valence electrons. The number of hydrogen-bond donors (Lipinski definition) is 0. The van der Waals surface area contributed by atoms with E-state index < -0.39 is 11.9 Å². The fraction of sp³-hybridized carbons (Fsp3) is 0.238. The van der Waals surface area contributed by atoms with Crippen LogP contribution in [0.3, 0.4) is 0 Å². The normalized spacial score (nSPS) is 10.7. The van der Waals surface area contributed by atoms with Crippen LogP contribution in [0.1, 0.15) is 79.0 Å². The number of esters is 2. The Bertz CT molecular complexity index is 1690. The average molecular weight is 627 g/mol. The molecule has 5 aromatic rings. The Morgan fingerprint density at radius 3 is 1.49 bits per heavy atom. The largest absolute Gasteiger partial charge is 0.493 e. The molecule has 5 rings (SSSR count). The minimum atomic E-state index is -0.556. The van der Waals surface area contributed by atoms with Crippen LogP contribution < -0.4 is 14.2 Å². The van der Waals surface area contributed by atoms with Crippen molar-refractivity contribution in [2.75, 3.05) is 6.61 Å². The summed E-state index contributed by atoms with van der Waals surface area (Å²) in [6, 6.07) is 39.5. The lowest BCUT2D eigenvalue weighted by Gasteiger charge is -2.13. The topological polar surface area (TPSA) is 61.8 Å². The summed E-state index contributed by atoms with van der Waals surface area (Å²) in [5.74, 6) is 0.0583. The van der Waals surface area contributed by atoms with Gasteiger partial charge in [0.2, 0.25) is 0 Å². The van der Waals surface area contributed by atoms with E-state index in [1.165, 1.54) is 32.1 Å². The number of hydrogen-bond acceptors (Lipinski definition) is 5. The van der Waals surface area contributed by atoms with Crippen molar-refractivity contribution in [3.05, 3.63) is 139 Å². The first-order valence-corrected chi connectivity index (χ1v) is 16.6. The lowest BCUT2D eigenvalue weighted by molar-refractivity contribution is 0.0716. The van der Waals surface area contributed by atoms with Gasteiger partial charge < -0.3 is 14.2 Å². The van der Waals surface area contributed by atoms with Crippen molar-refractivity contribution in [1.82, 2.24) is 0 Å². The molecule has 0 atom stereocenters. The van der Waals surface area contributed by atoms with E-state index in [0.717, 1.165) is 41.5 Å².